The average molecular weight is 272 g/mol. The molecule has 0 amide bonds. The third kappa shape index (κ3) is 2.71. The van der Waals surface area contributed by atoms with Crippen LogP contribution >= 0.6 is 15.9 Å². The second kappa shape index (κ2) is 4.52. The number of nitrogens with one attached hydrogen (secondary N) is 1. The largest absolute Gasteiger partial charge is 0.380 e. The molecule has 2 rings (SSSR count). The highest BCUT2D eigenvalue weighted by atomic mass is 79.9. The predicted octanol–water partition coefficient (Wildman–Crippen LogP) is 4.19. The van der Waals surface area contributed by atoms with E-state index < -0.39 is 0 Å². The topological polar surface area (TPSA) is 12.0 Å². The van der Waals surface area contributed by atoms with Crippen molar-refractivity contribution in [3.05, 3.63) is 28.5 Å². The number of halogens is 2. The van der Waals surface area contributed by atoms with E-state index >= 15 is 0 Å². The van der Waals surface area contributed by atoms with Crippen LogP contribution in [0.5, 0.6) is 0 Å². The number of hydrogen-bond donors (Lipinski definition) is 1. The highest BCUT2D eigenvalue weighted by Gasteiger charge is 2.30. The first-order chi connectivity index (χ1) is 7.20. The van der Waals surface area contributed by atoms with Gasteiger partial charge in [-0.2, -0.15) is 0 Å². The molecule has 0 aliphatic heterocycles. The minimum atomic E-state index is -0.177. The van der Waals surface area contributed by atoms with Crippen molar-refractivity contribution in [3.63, 3.8) is 0 Å². The van der Waals surface area contributed by atoms with E-state index in [1.807, 2.05) is 6.07 Å². The molecule has 0 spiro atoms. The van der Waals surface area contributed by atoms with Crippen molar-refractivity contribution in [1.82, 2.24) is 0 Å². The van der Waals surface area contributed by atoms with Gasteiger partial charge in [0.05, 0.1) is 5.69 Å². The van der Waals surface area contributed by atoms with Gasteiger partial charge in [0.25, 0.3) is 0 Å². The Morgan fingerprint density at radius 1 is 1.53 bits per heavy atom. The van der Waals surface area contributed by atoms with Crippen LogP contribution in [-0.2, 0) is 0 Å². The molecule has 1 atom stereocenters. The van der Waals surface area contributed by atoms with Crippen LogP contribution in [0.15, 0.2) is 22.7 Å². The highest BCUT2D eigenvalue weighted by molar-refractivity contribution is 9.10. The fourth-order valence-corrected chi connectivity index (χ4v) is 2.19. The second-order valence-electron chi connectivity index (χ2n) is 4.12. The molecule has 0 radical (unpaired) electrons. The monoisotopic (exact) mass is 271 g/mol. The minimum absolute atomic E-state index is 0.177. The van der Waals surface area contributed by atoms with Crippen LogP contribution in [0, 0.1) is 11.7 Å². The van der Waals surface area contributed by atoms with Crippen molar-refractivity contribution in [2.24, 2.45) is 5.92 Å². The Balaban J connectivity index is 2.08. The van der Waals surface area contributed by atoms with E-state index in [0.29, 0.717) is 11.7 Å². The highest BCUT2D eigenvalue weighted by Crippen LogP contribution is 2.36. The van der Waals surface area contributed by atoms with Crippen molar-refractivity contribution in [1.29, 1.82) is 0 Å². The first-order valence-electron chi connectivity index (χ1n) is 5.42. The molecule has 1 aliphatic rings. The summed E-state index contributed by atoms with van der Waals surface area (Å²) in [5, 5.41) is 3.29. The van der Waals surface area contributed by atoms with Gasteiger partial charge < -0.3 is 5.32 Å². The fraction of sp³-hybridized carbons (Fsp3) is 0.500. The van der Waals surface area contributed by atoms with Crippen molar-refractivity contribution < 1.29 is 4.39 Å². The van der Waals surface area contributed by atoms with Gasteiger partial charge >= 0.3 is 0 Å². The van der Waals surface area contributed by atoms with Crippen molar-refractivity contribution in [2.45, 2.75) is 32.2 Å². The zero-order chi connectivity index (χ0) is 10.8. The van der Waals surface area contributed by atoms with Gasteiger partial charge in [-0.3, -0.25) is 0 Å². The van der Waals surface area contributed by atoms with E-state index in [1.165, 1.54) is 18.9 Å². The molecule has 1 nitrogen and oxygen atoms in total. The molecule has 3 heteroatoms. The van der Waals surface area contributed by atoms with Gasteiger partial charge in [0, 0.05) is 10.5 Å². The molecular formula is C12H15BrFN. The van der Waals surface area contributed by atoms with Gasteiger partial charge in [-0.05, 0) is 43.4 Å². The van der Waals surface area contributed by atoms with Gasteiger partial charge in [-0.15, -0.1) is 0 Å². The Hall–Kier alpha value is -0.570. The molecule has 1 aliphatic carbocycles. The third-order valence-electron chi connectivity index (χ3n) is 2.90. The van der Waals surface area contributed by atoms with E-state index in [1.54, 1.807) is 6.07 Å². The molecule has 0 aromatic heterocycles. The lowest BCUT2D eigenvalue weighted by atomic mass is 10.1. The maximum absolute atomic E-state index is 13.5. The van der Waals surface area contributed by atoms with Crippen LogP contribution in [0.25, 0.3) is 0 Å². The van der Waals surface area contributed by atoms with Crippen LogP contribution in [0.4, 0.5) is 10.1 Å². The molecule has 82 valence electrons. The summed E-state index contributed by atoms with van der Waals surface area (Å²) in [7, 11) is 0. The quantitative estimate of drug-likeness (QED) is 0.866. The summed E-state index contributed by atoms with van der Waals surface area (Å²) < 4.78 is 14.3. The molecule has 1 unspecified atom stereocenters. The van der Waals surface area contributed by atoms with Crippen LogP contribution in [-0.4, -0.2) is 6.04 Å². The van der Waals surface area contributed by atoms with E-state index in [-0.39, 0.29) is 5.82 Å². The Labute approximate surface area is 98.2 Å². The number of benzene rings is 1. The van der Waals surface area contributed by atoms with E-state index in [2.05, 4.69) is 28.2 Å². The van der Waals surface area contributed by atoms with Crippen molar-refractivity contribution in [3.8, 4) is 0 Å². The summed E-state index contributed by atoms with van der Waals surface area (Å²) in [5.74, 6) is 0.571. The second-order valence-corrected chi connectivity index (χ2v) is 5.04. The van der Waals surface area contributed by atoms with Gasteiger partial charge in [0.1, 0.15) is 5.82 Å². The Bertz CT molecular complexity index is 349. The summed E-state index contributed by atoms with van der Waals surface area (Å²) in [4.78, 5) is 0. The minimum Gasteiger partial charge on any atom is -0.380 e. The molecule has 0 bridgehead atoms. The first-order valence-corrected chi connectivity index (χ1v) is 6.21. The van der Waals surface area contributed by atoms with E-state index in [9.17, 15) is 4.39 Å². The summed E-state index contributed by atoms with van der Waals surface area (Å²) in [6, 6.07) is 5.60. The van der Waals surface area contributed by atoms with Crippen LogP contribution in [0.3, 0.4) is 0 Å². The Morgan fingerprint density at radius 2 is 2.27 bits per heavy atom. The van der Waals surface area contributed by atoms with Gasteiger partial charge in [0.15, 0.2) is 0 Å². The Kier molecular flexibility index (Phi) is 3.29. The SMILES string of the molecule is CCC(Nc1ccc(Br)cc1F)C1CC1. The molecule has 15 heavy (non-hydrogen) atoms. The number of anilines is 1. The molecule has 1 saturated carbocycles. The van der Waals surface area contributed by atoms with Crippen molar-refractivity contribution in [2.75, 3.05) is 5.32 Å². The van der Waals surface area contributed by atoms with Gasteiger partial charge in [-0.1, -0.05) is 22.9 Å². The lowest BCUT2D eigenvalue weighted by Gasteiger charge is -2.18. The molecule has 1 fully saturated rings. The standard InChI is InChI=1S/C12H15BrFN/c1-2-11(8-3-4-8)15-12-6-5-9(13)7-10(12)14/h5-8,11,15H,2-4H2,1H3. The third-order valence-corrected chi connectivity index (χ3v) is 3.40. The zero-order valence-corrected chi connectivity index (χ0v) is 10.3. The average Bonchev–Trinajstić information content (AvgIpc) is 3.00. The fourth-order valence-electron chi connectivity index (χ4n) is 1.86. The molecule has 1 aromatic rings. The summed E-state index contributed by atoms with van der Waals surface area (Å²) >= 11 is 3.25. The van der Waals surface area contributed by atoms with Gasteiger partial charge in [-0.25, -0.2) is 4.39 Å². The smallest absolute Gasteiger partial charge is 0.147 e. The van der Waals surface area contributed by atoms with Crippen LogP contribution in [0.2, 0.25) is 0 Å². The first kappa shape index (κ1) is 10.9. The summed E-state index contributed by atoms with van der Waals surface area (Å²) in [5.41, 5.74) is 0.622. The molecule has 0 heterocycles. The predicted molar refractivity (Wildman–Crippen MR) is 64.5 cm³/mol. The Morgan fingerprint density at radius 3 is 2.80 bits per heavy atom. The normalized spacial score (nSPS) is 17.5. The maximum Gasteiger partial charge on any atom is 0.147 e. The van der Waals surface area contributed by atoms with E-state index in [4.69, 9.17) is 0 Å². The summed E-state index contributed by atoms with van der Waals surface area (Å²) in [6.07, 6.45) is 3.62. The molecular weight excluding hydrogens is 257 g/mol. The maximum atomic E-state index is 13.5. The lowest BCUT2D eigenvalue weighted by molar-refractivity contribution is 0.594. The molecule has 1 N–H and O–H groups in total. The van der Waals surface area contributed by atoms with Crippen molar-refractivity contribution >= 4 is 21.6 Å². The molecule has 0 saturated heterocycles. The zero-order valence-electron chi connectivity index (χ0n) is 8.76. The number of rotatable bonds is 4. The van der Waals surface area contributed by atoms with Gasteiger partial charge in [0.2, 0.25) is 0 Å². The summed E-state index contributed by atoms with van der Waals surface area (Å²) in [6.45, 7) is 2.15. The molecule has 1 aromatic carbocycles. The van der Waals surface area contributed by atoms with Crippen LogP contribution in [0.1, 0.15) is 26.2 Å². The van der Waals surface area contributed by atoms with E-state index in [0.717, 1.165) is 16.8 Å². The number of hydrogen-bond acceptors (Lipinski definition) is 1. The van der Waals surface area contributed by atoms with Crippen LogP contribution < -0.4 is 5.32 Å². The lowest BCUT2D eigenvalue weighted by Crippen LogP contribution is -2.21.